The first-order valence-electron chi connectivity index (χ1n) is 5.11. The van der Waals surface area contributed by atoms with Crippen LogP contribution in [-0.2, 0) is 4.74 Å². The molecule has 0 fully saturated rings. The number of hydrogen-bond acceptors (Lipinski definition) is 1. The second-order valence-electron chi connectivity index (χ2n) is 2.32. The van der Waals surface area contributed by atoms with Crippen molar-refractivity contribution in [2.45, 2.75) is 60.2 Å². The third kappa shape index (κ3) is 7.80. The van der Waals surface area contributed by atoms with Crippen molar-refractivity contribution >= 4 is 0 Å². The zero-order chi connectivity index (χ0) is 9.98. The minimum atomic E-state index is 0.332. The highest BCUT2D eigenvalue weighted by Crippen LogP contribution is 2.09. The van der Waals surface area contributed by atoms with E-state index in [-0.39, 0.29) is 0 Å². The van der Waals surface area contributed by atoms with Crippen molar-refractivity contribution in [3.05, 3.63) is 12.2 Å². The number of ether oxygens (including phenoxy) is 1. The molecule has 0 spiro atoms. The Morgan fingerprint density at radius 3 is 1.83 bits per heavy atom. The van der Waals surface area contributed by atoms with Gasteiger partial charge in [-0.1, -0.05) is 39.8 Å². The first kappa shape index (κ1) is 14.2. The SMILES string of the molecule is CC.CC.C[C@@H]1C=CC[C@@H](C)O1. The van der Waals surface area contributed by atoms with Crippen LogP contribution in [0.1, 0.15) is 48.0 Å². The molecular weight excluding hydrogens is 148 g/mol. The molecule has 0 amide bonds. The van der Waals surface area contributed by atoms with E-state index < -0.39 is 0 Å². The molecule has 0 saturated carbocycles. The summed E-state index contributed by atoms with van der Waals surface area (Å²) in [5.41, 5.74) is 0. The Morgan fingerprint density at radius 1 is 1.08 bits per heavy atom. The van der Waals surface area contributed by atoms with E-state index in [1.54, 1.807) is 0 Å². The monoisotopic (exact) mass is 172 g/mol. The van der Waals surface area contributed by atoms with Crippen LogP contribution < -0.4 is 0 Å². The molecule has 0 aromatic carbocycles. The first-order chi connectivity index (χ1) is 5.79. The fraction of sp³-hybridized carbons (Fsp3) is 0.818. The Kier molecular flexibility index (Phi) is 12.7. The minimum Gasteiger partial charge on any atom is -0.371 e. The van der Waals surface area contributed by atoms with Crippen LogP contribution in [-0.4, -0.2) is 12.2 Å². The standard InChI is InChI=1S/C7H12O.2C2H6/c1-6-4-3-5-7(2)8-6;2*1-2/h3-4,6-7H,5H2,1-2H3;2*1-2H3/t6-,7-;;/m1../s1. The van der Waals surface area contributed by atoms with Crippen molar-refractivity contribution in [2.75, 3.05) is 0 Å². The molecule has 0 radical (unpaired) electrons. The summed E-state index contributed by atoms with van der Waals surface area (Å²) in [5, 5.41) is 0. The predicted octanol–water partition coefficient (Wildman–Crippen LogP) is 3.79. The zero-order valence-corrected chi connectivity index (χ0v) is 9.42. The van der Waals surface area contributed by atoms with E-state index in [9.17, 15) is 0 Å². The van der Waals surface area contributed by atoms with Gasteiger partial charge in [-0.15, -0.1) is 0 Å². The summed E-state index contributed by atoms with van der Waals surface area (Å²) in [4.78, 5) is 0. The van der Waals surface area contributed by atoms with Crippen LogP contribution in [0.2, 0.25) is 0 Å². The van der Waals surface area contributed by atoms with Crippen LogP contribution in [0.25, 0.3) is 0 Å². The van der Waals surface area contributed by atoms with Gasteiger partial charge in [0, 0.05) is 0 Å². The Morgan fingerprint density at radius 2 is 1.58 bits per heavy atom. The molecule has 0 aromatic heterocycles. The van der Waals surface area contributed by atoms with E-state index in [0.717, 1.165) is 6.42 Å². The van der Waals surface area contributed by atoms with Crippen LogP contribution >= 0.6 is 0 Å². The van der Waals surface area contributed by atoms with E-state index in [4.69, 9.17) is 4.74 Å². The van der Waals surface area contributed by atoms with E-state index in [1.165, 1.54) is 0 Å². The summed E-state index contributed by atoms with van der Waals surface area (Å²) < 4.78 is 5.40. The van der Waals surface area contributed by atoms with Gasteiger partial charge in [-0.2, -0.15) is 0 Å². The molecule has 12 heavy (non-hydrogen) atoms. The molecule has 74 valence electrons. The molecule has 0 N–H and O–H groups in total. The summed E-state index contributed by atoms with van der Waals surface area (Å²) in [6.45, 7) is 12.2. The van der Waals surface area contributed by atoms with E-state index in [0.29, 0.717) is 12.2 Å². The third-order valence-electron chi connectivity index (χ3n) is 1.32. The summed E-state index contributed by atoms with van der Waals surface area (Å²) >= 11 is 0. The van der Waals surface area contributed by atoms with Gasteiger partial charge in [0.25, 0.3) is 0 Å². The van der Waals surface area contributed by atoms with Crippen molar-refractivity contribution in [3.63, 3.8) is 0 Å². The maximum atomic E-state index is 5.40. The predicted molar refractivity (Wildman–Crippen MR) is 56.5 cm³/mol. The summed E-state index contributed by atoms with van der Waals surface area (Å²) in [6, 6.07) is 0. The molecule has 1 heterocycles. The largest absolute Gasteiger partial charge is 0.371 e. The van der Waals surface area contributed by atoms with Gasteiger partial charge in [-0.25, -0.2) is 0 Å². The van der Waals surface area contributed by atoms with Crippen LogP contribution in [0.5, 0.6) is 0 Å². The molecule has 0 saturated heterocycles. The Bertz CT molecular complexity index is 97.2. The molecule has 0 unspecified atom stereocenters. The lowest BCUT2D eigenvalue weighted by Gasteiger charge is -2.19. The van der Waals surface area contributed by atoms with Crippen molar-refractivity contribution in [3.8, 4) is 0 Å². The van der Waals surface area contributed by atoms with Gasteiger partial charge < -0.3 is 4.74 Å². The second kappa shape index (κ2) is 10.7. The van der Waals surface area contributed by atoms with Crippen LogP contribution in [0.15, 0.2) is 12.2 Å². The quantitative estimate of drug-likeness (QED) is 0.505. The lowest BCUT2D eigenvalue weighted by Crippen LogP contribution is -2.17. The van der Waals surface area contributed by atoms with Gasteiger partial charge in [0.2, 0.25) is 0 Å². The van der Waals surface area contributed by atoms with Crippen LogP contribution in [0, 0.1) is 0 Å². The fourth-order valence-electron chi connectivity index (χ4n) is 0.929. The van der Waals surface area contributed by atoms with E-state index in [2.05, 4.69) is 26.0 Å². The first-order valence-corrected chi connectivity index (χ1v) is 5.11. The molecule has 0 aromatic rings. The lowest BCUT2D eigenvalue weighted by molar-refractivity contribution is 0.0276. The molecule has 1 rings (SSSR count). The molecular formula is C11H24O. The van der Waals surface area contributed by atoms with Gasteiger partial charge >= 0.3 is 0 Å². The number of rotatable bonds is 0. The van der Waals surface area contributed by atoms with Crippen molar-refractivity contribution < 1.29 is 4.74 Å². The van der Waals surface area contributed by atoms with Crippen molar-refractivity contribution in [1.82, 2.24) is 0 Å². The normalized spacial score (nSPS) is 26.2. The van der Waals surface area contributed by atoms with E-state index >= 15 is 0 Å². The summed E-state index contributed by atoms with van der Waals surface area (Å²) in [7, 11) is 0. The van der Waals surface area contributed by atoms with Crippen molar-refractivity contribution in [2.24, 2.45) is 0 Å². The topological polar surface area (TPSA) is 9.23 Å². The second-order valence-corrected chi connectivity index (χ2v) is 2.32. The molecule has 0 aliphatic carbocycles. The fourth-order valence-corrected chi connectivity index (χ4v) is 0.929. The van der Waals surface area contributed by atoms with E-state index in [1.807, 2.05) is 27.7 Å². The smallest absolute Gasteiger partial charge is 0.0731 e. The average molecular weight is 172 g/mol. The van der Waals surface area contributed by atoms with Gasteiger partial charge in [-0.05, 0) is 20.3 Å². The Hall–Kier alpha value is -0.300. The van der Waals surface area contributed by atoms with Gasteiger partial charge in [-0.3, -0.25) is 0 Å². The lowest BCUT2D eigenvalue weighted by atomic mass is 10.2. The van der Waals surface area contributed by atoms with Gasteiger partial charge in [0.15, 0.2) is 0 Å². The third-order valence-corrected chi connectivity index (χ3v) is 1.32. The highest BCUT2D eigenvalue weighted by Gasteiger charge is 2.07. The Labute approximate surface area is 77.8 Å². The number of hydrogen-bond donors (Lipinski definition) is 0. The molecule has 1 aliphatic rings. The zero-order valence-electron chi connectivity index (χ0n) is 9.42. The maximum Gasteiger partial charge on any atom is 0.0731 e. The van der Waals surface area contributed by atoms with Crippen LogP contribution in [0.3, 0.4) is 0 Å². The highest BCUT2D eigenvalue weighted by molar-refractivity contribution is 4.92. The van der Waals surface area contributed by atoms with Crippen molar-refractivity contribution in [1.29, 1.82) is 0 Å². The molecule has 1 nitrogen and oxygen atoms in total. The molecule has 1 aliphatic heterocycles. The maximum absolute atomic E-state index is 5.40. The molecule has 1 heteroatoms. The Balaban J connectivity index is 0. The molecule has 2 atom stereocenters. The molecule has 0 bridgehead atoms. The average Bonchev–Trinajstić information content (AvgIpc) is 2.11. The highest BCUT2D eigenvalue weighted by atomic mass is 16.5. The van der Waals surface area contributed by atoms with Gasteiger partial charge in [0.05, 0.1) is 12.2 Å². The van der Waals surface area contributed by atoms with Crippen LogP contribution in [0.4, 0.5) is 0 Å². The summed E-state index contributed by atoms with van der Waals surface area (Å²) in [5.74, 6) is 0. The minimum absolute atomic E-state index is 0.332. The van der Waals surface area contributed by atoms with Gasteiger partial charge in [0.1, 0.15) is 0 Å². The summed E-state index contributed by atoms with van der Waals surface area (Å²) in [6.07, 6.45) is 6.11.